The number of aromatic nitrogens is 7. The molecule has 0 aliphatic carbocycles. The van der Waals surface area contributed by atoms with Crippen molar-refractivity contribution in [1.82, 2.24) is 34.8 Å². The maximum atomic E-state index is 12.8. The van der Waals surface area contributed by atoms with Gasteiger partial charge in [-0.05, 0) is 12.1 Å². The zero-order valence-corrected chi connectivity index (χ0v) is 14.7. The Kier molecular flexibility index (Phi) is 3.54. The Hall–Kier alpha value is -4.21. The second-order valence-corrected chi connectivity index (χ2v) is 6.03. The molecule has 138 valence electrons. The van der Waals surface area contributed by atoms with E-state index in [1.807, 2.05) is 12.1 Å². The van der Waals surface area contributed by atoms with Crippen LogP contribution in [0.2, 0.25) is 0 Å². The van der Waals surface area contributed by atoms with Gasteiger partial charge >= 0.3 is 0 Å². The largest absolute Gasteiger partial charge is 0.496 e. The molecule has 3 N–H and O–H groups in total. The van der Waals surface area contributed by atoms with Crippen molar-refractivity contribution in [2.24, 2.45) is 0 Å². The SMILES string of the molecule is COc1cc2nc[nH]c2cc1-c1[nH]ncc1NC(=O)c1cnn2cccnc12. The lowest BCUT2D eigenvalue weighted by Crippen LogP contribution is -2.12. The normalized spacial score (nSPS) is 11.2. The Bertz CT molecular complexity index is 1320. The van der Waals surface area contributed by atoms with Crippen LogP contribution in [-0.2, 0) is 0 Å². The lowest BCUT2D eigenvalue weighted by atomic mass is 10.1. The first-order chi connectivity index (χ1) is 13.7. The molecule has 0 aliphatic heterocycles. The van der Waals surface area contributed by atoms with E-state index in [1.54, 1.807) is 42.6 Å². The number of benzene rings is 1. The van der Waals surface area contributed by atoms with Crippen LogP contribution in [0.3, 0.4) is 0 Å². The molecule has 4 aromatic heterocycles. The summed E-state index contributed by atoms with van der Waals surface area (Å²) in [6.07, 6.45) is 7.98. The Labute approximate surface area is 157 Å². The Morgan fingerprint density at radius 3 is 3.07 bits per heavy atom. The fourth-order valence-electron chi connectivity index (χ4n) is 3.09. The van der Waals surface area contributed by atoms with E-state index in [-0.39, 0.29) is 5.91 Å². The first-order valence-electron chi connectivity index (χ1n) is 8.39. The maximum absolute atomic E-state index is 12.8. The molecule has 0 atom stereocenters. The lowest BCUT2D eigenvalue weighted by molar-refractivity contribution is 0.102. The summed E-state index contributed by atoms with van der Waals surface area (Å²) in [5.41, 5.74) is 4.33. The zero-order chi connectivity index (χ0) is 19.1. The van der Waals surface area contributed by atoms with Crippen LogP contribution in [0.15, 0.2) is 49.3 Å². The smallest absolute Gasteiger partial charge is 0.261 e. The third-order valence-electron chi connectivity index (χ3n) is 4.42. The van der Waals surface area contributed by atoms with E-state index in [0.717, 1.165) is 16.6 Å². The summed E-state index contributed by atoms with van der Waals surface area (Å²) in [5, 5.41) is 14.0. The van der Waals surface area contributed by atoms with Gasteiger partial charge in [-0.3, -0.25) is 9.89 Å². The number of fused-ring (bicyclic) bond motifs is 2. The van der Waals surface area contributed by atoms with Gasteiger partial charge in [-0.25, -0.2) is 14.5 Å². The number of hydrogen-bond donors (Lipinski definition) is 3. The minimum absolute atomic E-state index is 0.335. The fourth-order valence-corrected chi connectivity index (χ4v) is 3.09. The monoisotopic (exact) mass is 374 g/mol. The third kappa shape index (κ3) is 2.47. The highest BCUT2D eigenvalue weighted by atomic mass is 16.5. The number of methoxy groups -OCH3 is 1. The molecule has 0 radical (unpaired) electrons. The van der Waals surface area contributed by atoms with Gasteiger partial charge in [0.05, 0.1) is 48.2 Å². The van der Waals surface area contributed by atoms with Crippen LogP contribution >= 0.6 is 0 Å². The summed E-state index contributed by atoms with van der Waals surface area (Å²) in [4.78, 5) is 24.3. The van der Waals surface area contributed by atoms with Gasteiger partial charge in [0, 0.05) is 24.0 Å². The average Bonchev–Trinajstić information content (AvgIpc) is 3.45. The molecule has 0 saturated heterocycles. The number of nitrogens with one attached hydrogen (secondary N) is 3. The van der Waals surface area contributed by atoms with Crippen molar-refractivity contribution in [3.8, 4) is 17.0 Å². The number of rotatable bonds is 4. The topological polar surface area (TPSA) is 126 Å². The minimum atomic E-state index is -0.335. The number of aromatic amines is 2. The van der Waals surface area contributed by atoms with Gasteiger partial charge in [-0.1, -0.05) is 0 Å². The van der Waals surface area contributed by atoms with Crippen molar-refractivity contribution in [2.45, 2.75) is 0 Å². The van der Waals surface area contributed by atoms with Crippen LogP contribution in [0.5, 0.6) is 5.75 Å². The van der Waals surface area contributed by atoms with E-state index in [9.17, 15) is 4.79 Å². The van der Waals surface area contributed by atoms with Crippen LogP contribution in [0, 0.1) is 0 Å². The molecule has 10 nitrogen and oxygen atoms in total. The van der Waals surface area contributed by atoms with Crippen molar-refractivity contribution in [1.29, 1.82) is 0 Å². The summed E-state index contributed by atoms with van der Waals surface area (Å²) < 4.78 is 7.04. The fraction of sp³-hybridized carbons (Fsp3) is 0.0556. The number of carbonyl (C=O) groups excluding carboxylic acids is 1. The van der Waals surface area contributed by atoms with Crippen LogP contribution < -0.4 is 10.1 Å². The van der Waals surface area contributed by atoms with Crippen LogP contribution in [0.4, 0.5) is 5.69 Å². The van der Waals surface area contributed by atoms with Crippen molar-refractivity contribution >= 4 is 28.3 Å². The molecule has 5 rings (SSSR count). The first kappa shape index (κ1) is 16.0. The Morgan fingerprint density at radius 2 is 2.18 bits per heavy atom. The molecule has 0 fully saturated rings. The molecule has 0 saturated carbocycles. The number of H-pyrrole nitrogens is 2. The number of imidazole rings is 1. The first-order valence-corrected chi connectivity index (χ1v) is 8.39. The molecule has 4 heterocycles. The van der Waals surface area contributed by atoms with Gasteiger partial charge in [0.2, 0.25) is 0 Å². The molecule has 0 spiro atoms. The summed E-state index contributed by atoms with van der Waals surface area (Å²) in [5.74, 6) is 0.273. The van der Waals surface area contributed by atoms with Crippen molar-refractivity contribution in [2.75, 3.05) is 12.4 Å². The highest BCUT2D eigenvalue weighted by Gasteiger charge is 2.19. The van der Waals surface area contributed by atoms with Gasteiger partial charge in [-0.15, -0.1) is 0 Å². The van der Waals surface area contributed by atoms with Crippen LogP contribution in [0.1, 0.15) is 10.4 Å². The molecule has 0 bridgehead atoms. The highest BCUT2D eigenvalue weighted by Crippen LogP contribution is 2.36. The number of ether oxygens (including phenoxy) is 1. The van der Waals surface area contributed by atoms with Crippen LogP contribution in [0.25, 0.3) is 27.9 Å². The molecule has 5 aromatic rings. The summed E-state index contributed by atoms with van der Waals surface area (Å²) in [6, 6.07) is 5.46. The lowest BCUT2D eigenvalue weighted by Gasteiger charge is -2.10. The Morgan fingerprint density at radius 1 is 1.25 bits per heavy atom. The summed E-state index contributed by atoms with van der Waals surface area (Å²) in [6.45, 7) is 0. The quantitative estimate of drug-likeness (QED) is 0.443. The number of amides is 1. The second-order valence-electron chi connectivity index (χ2n) is 6.03. The van der Waals surface area contributed by atoms with Gasteiger partial charge in [0.15, 0.2) is 5.65 Å². The number of anilines is 1. The van der Waals surface area contributed by atoms with E-state index in [2.05, 4.69) is 35.6 Å². The molecule has 0 aliphatic rings. The second kappa shape index (κ2) is 6.20. The molecule has 0 unspecified atom stereocenters. The standard InChI is InChI=1S/C18H14N8O2/c1-28-15-6-13-12(20-9-21-13)5-10(15)16-14(8-22-25-16)24-18(27)11-7-23-26-4-2-3-19-17(11)26/h2-9H,1H3,(H,20,21)(H,22,25)(H,24,27). The predicted octanol–water partition coefficient (Wildman–Crippen LogP) is 2.26. The van der Waals surface area contributed by atoms with Crippen molar-refractivity contribution in [3.63, 3.8) is 0 Å². The van der Waals surface area contributed by atoms with Crippen molar-refractivity contribution in [3.05, 3.63) is 54.9 Å². The van der Waals surface area contributed by atoms with E-state index in [4.69, 9.17) is 4.74 Å². The van der Waals surface area contributed by atoms with E-state index < -0.39 is 0 Å². The number of hydrogen-bond acceptors (Lipinski definition) is 6. The van der Waals surface area contributed by atoms with E-state index in [0.29, 0.717) is 28.3 Å². The summed E-state index contributed by atoms with van der Waals surface area (Å²) in [7, 11) is 1.58. The molecule has 10 heteroatoms. The van der Waals surface area contributed by atoms with E-state index in [1.165, 1.54) is 6.20 Å². The average molecular weight is 374 g/mol. The van der Waals surface area contributed by atoms with Crippen LogP contribution in [-0.4, -0.2) is 47.8 Å². The third-order valence-corrected chi connectivity index (χ3v) is 4.42. The number of nitrogens with zero attached hydrogens (tertiary/aromatic N) is 5. The summed E-state index contributed by atoms with van der Waals surface area (Å²) >= 11 is 0. The molecule has 1 aromatic carbocycles. The number of carbonyl (C=O) groups is 1. The van der Waals surface area contributed by atoms with Gasteiger partial charge < -0.3 is 15.0 Å². The zero-order valence-electron chi connectivity index (χ0n) is 14.7. The molecule has 1 amide bonds. The Balaban J connectivity index is 1.54. The molecular weight excluding hydrogens is 360 g/mol. The predicted molar refractivity (Wildman–Crippen MR) is 101 cm³/mol. The minimum Gasteiger partial charge on any atom is -0.496 e. The molecular formula is C18H14N8O2. The van der Waals surface area contributed by atoms with Gasteiger partial charge in [0.25, 0.3) is 5.91 Å². The van der Waals surface area contributed by atoms with Gasteiger partial charge in [-0.2, -0.15) is 10.2 Å². The highest BCUT2D eigenvalue weighted by molar-refractivity contribution is 6.09. The van der Waals surface area contributed by atoms with Gasteiger partial charge in [0.1, 0.15) is 11.3 Å². The van der Waals surface area contributed by atoms with Crippen molar-refractivity contribution < 1.29 is 9.53 Å². The van der Waals surface area contributed by atoms with E-state index >= 15 is 0 Å². The maximum Gasteiger partial charge on any atom is 0.261 e. The molecule has 28 heavy (non-hydrogen) atoms.